The highest BCUT2D eigenvalue weighted by atomic mass is 19.1. The Morgan fingerprint density at radius 2 is 1.94 bits per heavy atom. The number of fused-ring (bicyclic) bond motifs is 2. The van der Waals surface area contributed by atoms with Gasteiger partial charge in [0.1, 0.15) is 6.23 Å². The summed E-state index contributed by atoms with van der Waals surface area (Å²) in [5, 5.41) is 23.2. The van der Waals surface area contributed by atoms with Gasteiger partial charge in [-0.2, -0.15) is 0 Å². The van der Waals surface area contributed by atoms with E-state index in [-0.39, 0.29) is 41.1 Å². The van der Waals surface area contributed by atoms with E-state index in [1.54, 1.807) is 6.07 Å². The lowest BCUT2D eigenvalue weighted by Gasteiger charge is -2.56. The number of rotatable bonds is 5. The summed E-state index contributed by atoms with van der Waals surface area (Å²) in [4.78, 5) is 5.42. The van der Waals surface area contributed by atoms with E-state index in [0.29, 0.717) is 10.9 Å². The van der Waals surface area contributed by atoms with Crippen LogP contribution in [0.4, 0.5) is 4.39 Å². The molecule has 31 heavy (non-hydrogen) atoms. The van der Waals surface area contributed by atoms with E-state index in [1.807, 2.05) is 33.0 Å². The van der Waals surface area contributed by atoms with Crippen LogP contribution in [0.3, 0.4) is 0 Å². The number of H-pyrrole nitrogens is 1. The fraction of sp³-hybridized carbons (Fsp3) is 0.680. The molecule has 6 rings (SSSR count). The first-order chi connectivity index (χ1) is 14.6. The van der Waals surface area contributed by atoms with Gasteiger partial charge in [0, 0.05) is 35.1 Å². The van der Waals surface area contributed by atoms with Crippen molar-refractivity contribution in [3.05, 3.63) is 29.7 Å². The van der Waals surface area contributed by atoms with Crippen molar-refractivity contribution in [1.82, 2.24) is 9.88 Å². The van der Waals surface area contributed by atoms with Gasteiger partial charge in [0.2, 0.25) is 0 Å². The van der Waals surface area contributed by atoms with Crippen LogP contribution in [-0.4, -0.2) is 50.1 Å². The van der Waals surface area contributed by atoms with Crippen molar-refractivity contribution in [2.75, 3.05) is 0 Å². The molecular formula is C25H35FN2O3. The van der Waals surface area contributed by atoms with Gasteiger partial charge < -0.3 is 19.9 Å². The van der Waals surface area contributed by atoms with Crippen LogP contribution in [0, 0.1) is 11.2 Å². The average molecular weight is 431 g/mol. The van der Waals surface area contributed by atoms with Crippen molar-refractivity contribution < 1.29 is 19.3 Å². The lowest BCUT2D eigenvalue weighted by Crippen LogP contribution is -2.60. The topological polar surface area (TPSA) is 68.7 Å². The second kappa shape index (κ2) is 7.19. The summed E-state index contributed by atoms with van der Waals surface area (Å²) in [6.07, 6.45) is 6.28. The highest BCUT2D eigenvalue weighted by Crippen LogP contribution is 2.56. The van der Waals surface area contributed by atoms with E-state index in [0.717, 1.165) is 44.1 Å². The fourth-order valence-corrected chi connectivity index (χ4v) is 6.98. The molecule has 4 fully saturated rings. The number of halogens is 1. The van der Waals surface area contributed by atoms with Crippen molar-refractivity contribution in [3.8, 4) is 5.75 Å². The maximum Gasteiger partial charge on any atom is 0.174 e. The Morgan fingerprint density at radius 1 is 1.19 bits per heavy atom. The number of hydrogen-bond donors (Lipinski definition) is 3. The third-order valence-corrected chi connectivity index (χ3v) is 8.00. The van der Waals surface area contributed by atoms with Gasteiger partial charge in [-0.25, -0.2) is 4.39 Å². The largest absolute Gasteiger partial charge is 0.488 e. The second-order valence-electron chi connectivity index (χ2n) is 11.0. The second-order valence-corrected chi connectivity index (χ2v) is 11.0. The summed E-state index contributed by atoms with van der Waals surface area (Å²) in [6.45, 7) is 8.03. The van der Waals surface area contributed by atoms with Crippen molar-refractivity contribution in [2.24, 2.45) is 5.41 Å². The molecule has 170 valence electrons. The number of aromatic nitrogens is 1. The van der Waals surface area contributed by atoms with E-state index < -0.39 is 11.8 Å². The van der Waals surface area contributed by atoms with Gasteiger partial charge in [0.25, 0.3) is 0 Å². The number of benzene rings is 1. The number of aliphatic hydroxyl groups is 2. The highest BCUT2D eigenvalue weighted by Gasteiger charge is 2.56. The Balaban J connectivity index is 1.48. The van der Waals surface area contributed by atoms with Crippen LogP contribution < -0.4 is 4.74 Å². The molecule has 2 saturated carbocycles. The maximum atomic E-state index is 15.4. The average Bonchev–Trinajstić information content (AvgIpc) is 3.03. The zero-order chi connectivity index (χ0) is 22.1. The highest BCUT2D eigenvalue weighted by molar-refractivity contribution is 5.86. The standard InChI is InChI=1S/C25H35FN2O3/c1-14(2)31-20-6-5-19-21(22(20)26)18(12-27-19)15(3)23(29)28-16-7-8-25(30)11-17(28)10-24(4,9-16)13-25/h5-6,12,14-17,23,27,29-30H,7-11,13H2,1-4H3. The van der Waals surface area contributed by atoms with Crippen LogP contribution in [0.5, 0.6) is 5.75 Å². The lowest BCUT2D eigenvalue weighted by atomic mass is 9.63. The minimum absolute atomic E-state index is 0.118. The third kappa shape index (κ3) is 3.47. The van der Waals surface area contributed by atoms with Gasteiger partial charge in [-0.05, 0) is 75.5 Å². The fourth-order valence-electron chi connectivity index (χ4n) is 6.98. The molecule has 6 heteroatoms. The Bertz CT molecular complexity index is 985. The summed E-state index contributed by atoms with van der Waals surface area (Å²) in [5.41, 5.74) is 1.02. The summed E-state index contributed by atoms with van der Waals surface area (Å²) in [5.74, 6) is -0.412. The zero-order valence-electron chi connectivity index (χ0n) is 19.0. The third-order valence-electron chi connectivity index (χ3n) is 8.00. The molecule has 3 N–H and O–H groups in total. The van der Waals surface area contributed by atoms with Gasteiger partial charge in [-0.1, -0.05) is 13.8 Å². The SMILES string of the molecule is CC(C)Oc1ccc2[nH]cc(C(C)C(O)N3C4CCC5(O)CC3CC(C)(C4)C5)c2c1F. The number of aromatic amines is 1. The van der Waals surface area contributed by atoms with Crippen LogP contribution in [0.15, 0.2) is 18.3 Å². The number of piperidine rings is 1. The van der Waals surface area contributed by atoms with Crippen LogP contribution in [-0.2, 0) is 0 Å². The summed E-state index contributed by atoms with van der Waals surface area (Å²) in [6, 6.07) is 3.92. The number of ether oxygens (including phenoxy) is 1. The molecule has 6 unspecified atom stereocenters. The van der Waals surface area contributed by atoms with E-state index >= 15 is 4.39 Å². The lowest BCUT2D eigenvalue weighted by molar-refractivity contribution is -0.148. The van der Waals surface area contributed by atoms with Gasteiger partial charge >= 0.3 is 0 Å². The van der Waals surface area contributed by atoms with Gasteiger partial charge in [0.05, 0.1) is 11.7 Å². The predicted octanol–water partition coefficient (Wildman–Crippen LogP) is 4.67. The monoisotopic (exact) mass is 430 g/mol. The molecule has 0 amide bonds. The molecule has 3 heterocycles. The van der Waals surface area contributed by atoms with Crippen molar-refractivity contribution in [3.63, 3.8) is 0 Å². The molecule has 5 nitrogen and oxygen atoms in total. The van der Waals surface area contributed by atoms with Crippen molar-refractivity contribution in [1.29, 1.82) is 0 Å². The first kappa shape index (κ1) is 21.2. The molecule has 2 saturated heterocycles. The predicted molar refractivity (Wildman–Crippen MR) is 119 cm³/mol. The molecule has 2 aliphatic carbocycles. The maximum absolute atomic E-state index is 15.4. The van der Waals surface area contributed by atoms with Crippen LogP contribution >= 0.6 is 0 Å². The molecule has 0 radical (unpaired) electrons. The first-order valence-electron chi connectivity index (χ1n) is 11.7. The van der Waals surface area contributed by atoms with Gasteiger partial charge in [0.15, 0.2) is 11.6 Å². The summed E-state index contributed by atoms with van der Waals surface area (Å²) >= 11 is 0. The Labute approximate surface area is 183 Å². The summed E-state index contributed by atoms with van der Waals surface area (Å²) in [7, 11) is 0. The Morgan fingerprint density at radius 3 is 2.68 bits per heavy atom. The molecule has 1 aromatic heterocycles. The normalized spacial score (nSPS) is 35.0. The smallest absolute Gasteiger partial charge is 0.174 e. The van der Waals surface area contributed by atoms with Crippen LogP contribution in [0.2, 0.25) is 0 Å². The minimum atomic E-state index is -0.729. The van der Waals surface area contributed by atoms with Gasteiger partial charge in [-0.3, -0.25) is 4.90 Å². The quantitative estimate of drug-likeness (QED) is 0.645. The zero-order valence-corrected chi connectivity index (χ0v) is 19.0. The molecule has 6 atom stereocenters. The van der Waals surface area contributed by atoms with E-state index in [4.69, 9.17) is 4.74 Å². The first-order valence-corrected chi connectivity index (χ1v) is 11.7. The van der Waals surface area contributed by atoms with E-state index in [2.05, 4.69) is 16.8 Å². The summed E-state index contributed by atoms with van der Waals surface area (Å²) < 4.78 is 21.0. The molecule has 2 aromatic rings. The number of aliphatic hydroxyl groups excluding tert-OH is 1. The van der Waals surface area contributed by atoms with Crippen LogP contribution in [0.1, 0.15) is 77.7 Å². The van der Waals surface area contributed by atoms with Crippen molar-refractivity contribution in [2.45, 2.75) is 102 Å². The molecule has 4 aliphatic rings. The molecule has 0 spiro atoms. The Kier molecular flexibility index (Phi) is 4.92. The van der Waals surface area contributed by atoms with E-state index in [9.17, 15) is 10.2 Å². The molecule has 4 bridgehead atoms. The van der Waals surface area contributed by atoms with Crippen LogP contribution in [0.25, 0.3) is 10.9 Å². The molecule has 2 aliphatic heterocycles. The molecular weight excluding hydrogens is 395 g/mol. The Hall–Kier alpha value is -1.63. The van der Waals surface area contributed by atoms with Gasteiger partial charge in [-0.15, -0.1) is 0 Å². The number of hydrogen-bond acceptors (Lipinski definition) is 4. The van der Waals surface area contributed by atoms with E-state index in [1.165, 1.54) is 0 Å². The number of nitrogens with zero attached hydrogens (tertiary/aromatic N) is 1. The number of nitrogens with one attached hydrogen (secondary N) is 1. The molecule has 1 aromatic carbocycles. The minimum Gasteiger partial charge on any atom is -0.488 e. The van der Waals surface area contributed by atoms with Crippen molar-refractivity contribution >= 4 is 10.9 Å².